The summed E-state index contributed by atoms with van der Waals surface area (Å²) >= 11 is 0. The number of nitrogens with zero attached hydrogens (tertiary/aromatic N) is 6. The molecule has 0 aliphatic carbocycles. The van der Waals surface area contributed by atoms with E-state index in [1.807, 2.05) is 30.3 Å². The van der Waals surface area contributed by atoms with Crippen molar-refractivity contribution in [3.8, 4) is 17.8 Å². The van der Waals surface area contributed by atoms with Crippen LogP contribution in [0.4, 0.5) is 11.4 Å². The Balaban J connectivity index is 0.00000500. The minimum Gasteiger partial charge on any atom is -0.341 e. The van der Waals surface area contributed by atoms with E-state index >= 15 is 0 Å². The van der Waals surface area contributed by atoms with Gasteiger partial charge in [-0.2, -0.15) is 15.6 Å². The smallest absolute Gasteiger partial charge is 0.251 e. The number of carbonyl (C=O) groups excluding carboxylic acids is 3. The summed E-state index contributed by atoms with van der Waals surface area (Å²) in [7, 11) is -2.18. The first-order chi connectivity index (χ1) is 21.9. The van der Waals surface area contributed by atoms with Gasteiger partial charge in [0, 0.05) is 11.6 Å². The number of carbonyl (C=O) groups is 3. The number of aromatic nitrogens is 2. The maximum absolute atomic E-state index is 14.4. The molecule has 2 heterocycles. The highest BCUT2D eigenvalue weighted by Crippen LogP contribution is 2.36. The van der Waals surface area contributed by atoms with Gasteiger partial charge in [-0.1, -0.05) is 30.3 Å². The van der Waals surface area contributed by atoms with Crippen LogP contribution in [0.2, 0.25) is 0 Å². The molecule has 242 valence electrons. The molecule has 0 saturated carbocycles. The lowest BCUT2D eigenvalue weighted by Crippen LogP contribution is -2.56. The van der Waals surface area contributed by atoms with Gasteiger partial charge in [-0.25, -0.2) is 13.1 Å². The van der Waals surface area contributed by atoms with Gasteiger partial charge in [0.15, 0.2) is 9.84 Å². The van der Waals surface area contributed by atoms with Crippen LogP contribution < -0.4 is 20.4 Å². The highest BCUT2D eigenvalue weighted by Gasteiger charge is 2.38. The van der Waals surface area contributed by atoms with Crippen molar-refractivity contribution in [2.45, 2.75) is 25.6 Å². The molecule has 0 saturated heterocycles. The molecule has 1 aliphatic rings. The topological polar surface area (TPSA) is 181 Å². The third-order valence-corrected chi connectivity index (χ3v) is 8.44. The van der Waals surface area contributed by atoms with Gasteiger partial charge in [0.2, 0.25) is 11.8 Å². The second-order valence-electron chi connectivity index (χ2n) is 10.9. The molecule has 2 N–H and O–H groups in total. The van der Waals surface area contributed by atoms with Gasteiger partial charge in [-0.15, -0.1) is 12.4 Å². The van der Waals surface area contributed by atoms with Crippen LogP contribution >= 0.6 is 12.4 Å². The minimum atomic E-state index is -3.76. The van der Waals surface area contributed by atoms with E-state index in [1.54, 1.807) is 42.9 Å². The number of benzene rings is 3. The average Bonchev–Trinajstić information content (AvgIpc) is 3.36. The Hall–Kier alpha value is -5.28. The van der Waals surface area contributed by atoms with Gasteiger partial charge < -0.3 is 20.4 Å². The Labute approximate surface area is 277 Å². The van der Waals surface area contributed by atoms with Gasteiger partial charge in [-0.05, 0) is 50.4 Å². The molecule has 5 rings (SSSR count). The summed E-state index contributed by atoms with van der Waals surface area (Å²) in [5.41, 5.74) is 2.58. The summed E-state index contributed by atoms with van der Waals surface area (Å²) in [5.74, 6) is -2.74. The zero-order valence-electron chi connectivity index (χ0n) is 25.7. The number of hydrogen-bond donors (Lipinski definition) is 2. The zero-order chi connectivity index (χ0) is 33.2. The molecule has 47 heavy (non-hydrogen) atoms. The molecule has 2 atom stereocenters. The molecule has 0 unspecified atom stereocenters. The summed E-state index contributed by atoms with van der Waals surface area (Å²) in [6, 6.07) is 20.9. The summed E-state index contributed by atoms with van der Waals surface area (Å²) in [6.07, 6.45) is 0.930. The van der Waals surface area contributed by atoms with Crippen molar-refractivity contribution in [1.29, 1.82) is 10.5 Å². The fourth-order valence-electron chi connectivity index (χ4n) is 5.27. The maximum Gasteiger partial charge on any atom is 0.251 e. The first-order valence-corrected chi connectivity index (χ1v) is 16.3. The van der Waals surface area contributed by atoms with Crippen molar-refractivity contribution in [1.82, 2.24) is 20.4 Å². The number of anilines is 2. The largest absolute Gasteiger partial charge is 0.341 e. The van der Waals surface area contributed by atoms with E-state index in [0.29, 0.717) is 27.8 Å². The van der Waals surface area contributed by atoms with Crippen LogP contribution in [0.15, 0.2) is 66.7 Å². The summed E-state index contributed by atoms with van der Waals surface area (Å²) < 4.78 is 25.9. The summed E-state index contributed by atoms with van der Waals surface area (Å²) in [4.78, 5) is 43.4. The number of para-hydroxylation sites is 2. The monoisotopic (exact) mass is 674 g/mol. The second kappa shape index (κ2) is 14.0. The molecule has 0 radical (unpaired) electrons. The zero-order valence-corrected chi connectivity index (χ0v) is 27.3. The van der Waals surface area contributed by atoms with E-state index in [0.717, 1.165) is 11.2 Å². The average molecular weight is 675 g/mol. The molecule has 4 aromatic rings. The number of fused-ring (bicyclic) bond motifs is 2. The Morgan fingerprint density at radius 1 is 1.02 bits per heavy atom. The van der Waals surface area contributed by atoms with Gasteiger partial charge in [-0.3, -0.25) is 14.4 Å². The Morgan fingerprint density at radius 3 is 2.40 bits per heavy atom. The molecule has 1 aliphatic heterocycles. The van der Waals surface area contributed by atoms with E-state index < -0.39 is 45.4 Å². The molecule has 15 heteroatoms. The van der Waals surface area contributed by atoms with Gasteiger partial charge in [0.05, 0.1) is 64.6 Å². The highest BCUT2D eigenvalue weighted by atomic mass is 35.5. The minimum absolute atomic E-state index is 0. The van der Waals surface area contributed by atoms with E-state index in [4.69, 9.17) is 5.10 Å². The normalized spacial score (nSPS) is 15.1. The molecule has 0 bridgehead atoms. The van der Waals surface area contributed by atoms with Crippen LogP contribution in [0.1, 0.15) is 23.7 Å². The molecule has 3 amide bonds. The lowest BCUT2D eigenvalue weighted by Gasteiger charge is -2.26. The summed E-state index contributed by atoms with van der Waals surface area (Å²) in [6.45, 7) is 1.10. The Bertz CT molecular complexity index is 2070. The first-order valence-electron chi connectivity index (χ1n) is 14.2. The third kappa shape index (κ3) is 7.10. The van der Waals surface area contributed by atoms with Crippen molar-refractivity contribution >= 4 is 62.2 Å². The van der Waals surface area contributed by atoms with Crippen LogP contribution in [0.3, 0.4) is 0 Å². The molecule has 13 nitrogen and oxygen atoms in total. The number of hydrogen-bond acceptors (Lipinski definition) is 9. The van der Waals surface area contributed by atoms with Crippen molar-refractivity contribution in [2.75, 3.05) is 35.4 Å². The van der Waals surface area contributed by atoms with Gasteiger partial charge >= 0.3 is 0 Å². The second-order valence-corrected chi connectivity index (χ2v) is 13.0. The maximum atomic E-state index is 14.4. The van der Waals surface area contributed by atoms with Crippen LogP contribution in [0.5, 0.6) is 0 Å². The quantitative estimate of drug-likeness (QED) is 0.283. The number of likely N-dealkylation sites (N-methyl/N-ethyl adjacent to an activating group) is 1. The number of nitrogens with one attached hydrogen (secondary N) is 2. The van der Waals surface area contributed by atoms with Crippen molar-refractivity contribution in [3.05, 3.63) is 83.6 Å². The SMILES string of the molecule is CN[C@@H](C)C(=O)N[C@H]1CN(C(=O)CS(C)(=O)=O)c2ccc(C#N)cc2N(Cc2nn(-c3ccccc3C#N)c3ccccc23)C1=O.Cl. The van der Waals surface area contributed by atoms with E-state index in [2.05, 4.69) is 16.7 Å². The van der Waals surface area contributed by atoms with Crippen molar-refractivity contribution in [2.24, 2.45) is 0 Å². The molecular weight excluding hydrogens is 644 g/mol. The van der Waals surface area contributed by atoms with Gasteiger partial charge in [0.25, 0.3) is 5.91 Å². The Morgan fingerprint density at radius 2 is 1.72 bits per heavy atom. The standard InChI is InChI=1S/C32H30N8O5S.ClH/c1-20(35-2)31(42)36-25-18-38(30(41)19-46(3,44)45)28-13-12-21(15-33)14-29(28)39(32(25)43)17-24-23-9-5-7-11-27(23)40(37-24)26-10-6-4-8-22(26)16-34;/h4-14,20,25,35H,17-19H2,1-3H3,(H,36,42);1H/t20-,25-;/m0./s1. The number of amides is 3. The van der Waals surface area contributed by atoms with E-state index in [1.165, 1.54) is 23.1 Å². The van der Waals surface area contributed by atoms with Crippen molar-refractivity contribution < 1.29 is 22.8 Å². The predicted molar refractivity (Wildman–Crippen MR) is 178 cm³/mol. The molecule has 0 spiro atoms. The summed E-state index contributed by atoms with van der Waals surface area (Å²) in [5, 5.41) is 30.5. The molecule has 1 aromatic heterocycles. The first kappa shape index (κ1) is 34.6. The van der Waals surface area contributed by atoms with E-state index in [9.17, 15) is 33.3 Å². The third-order valence-electron chi connectivity index (χ3n) is 7.67. The molecule has 0 fully saturated rings. The van der Waals surface area contributed by atoms with Crippen LogP contribution in [-0.4, -0.2) is 73.6 Å². The van der Waals surface area contributed by atoms with Crippen LogP contribution in [0.25, 0.3) is 16.6 Å². The lowest BCUT2D eigenvalue weighted by molar-refractivity contribution is -0.128. The van der Waals surface area contributed by atoms with Crippen molar-refractivity contribution in [3.63, 3.8) is 0 Å². The number of sulfone groups is 1. The number of rotatable bonds is 8. The number of halogens is 1. The predicted octanol–water partition coefficient (Wildman–Crippen LogP) is 2.21. The van der Waals surface area contributed by atoms with Gasteiger partial charge in [0.1, 0.15) is 17.9 Å². The number of nitriles is 2. The molecule has 3 aromatic carbocycles. The Kier molecular flexibility index (Phi) is 10.3. The highest BCUT2D eigenvalue weighted by molar-refractivity contribution is 7.91. The fourth-order valence-corrected chi connectivity index (χ4v) is 5.88. The lowest BCUT2D eigenvalue weighted by atomic mass is 10.1. The van der Waals surface area contributed by atoms with Crippen LogP contribution in [0, 0.1) is 22.7 Å². The van der Waals surface area contributed by atoms with E-state index in [-0.39, 0.29) is 42.4 Å². The van der Waals surface area contributed by atoms with Crippen LogP contribution in [-0.2, 0) is 30.8 Å². The fraction of sp³-hybridized carbons (Fsp3) is 0.250. The molecular formula is C32H31ClN8O5S.